The van der Waals surface area contributed by atoms with Crippen molar-refractivity contribution < 1.29 is 4.79 Å². The van der Waals surface area contributed by atoms with E-state index in [4.69, 9.17) is 0 Å². The Balaban J connectivity index is 1.47. The minimum atomic E-state index is 0.287. The second-order valence-corrected chi connectivity index (χ2v) is 7.56. The summed E-state index contributed by atoms with van der Waals surface area (Å²) in [5.74, 6) is 1.06. The van der Waals surface area contributed by atoms with Crippen molar-refractivity contribution >= 4 is 5.91 Å². The number of likely N-dealkylation sites (tertiary alicyclic amines) is 1. The maximum absolute atomic E-state index is 12.3. The molecular weight excluding hydrogens is 300 g/mol. The molecule has 0 unspecified atom stereocenters. The Hall–Kier alpha value is -1.36. The van der Waals surface area contributed by atoms with E-state index in [-0.39, 0.29) is 6.04 Å². The van der Waals surface area contributed by atoms with E-state index in [0.717, 1.165) is 38.5 Å². The van der Waals surface area contributed by atoms with Gasteiger partial charge in [-0.2, -0.15) is 5.10 Å². The van der Waals surface area contributed by atoms with Gasteiger partial charge in [-0.3, -0.25) is 9.48 Å². The zero-order valence-electron chi connectivity index (χ0n) is 15.3. The average Bonchev–Trinajstić information content (AvgIpc) is 3.11. The van der Waals surface area contributed by atoms with Crippen LogP contribution in [0.15, 0.2) is 6.20 Å². The fourth-order valence-corrected chi connectivity index (χ4v) is 4.12. The van der Waals surface area contributed by atoms with Crippen molar-refractivity contribution in [2.24, 2.45) is 5.92 Å². The van der Waals surface area contributed by atoms with Crippen molar-refractivity contribution in [3.8, 4) is 0 Å². The van der Waals surface area contributed by atoms with E-state index in [2.05, 4.69) is 33.8 Å². The molecule has 0 bridgehead atoms. The van der Waals surface area contributed by atoms with Crippen molar-refractivity contribution in [3.05, 3.63) is 17.5 Å². The van der Waals surface area contributed by atoms with Gasteiger partial charge in [0.1, 0.15) is 0 Å². The molecule has 1 saturated heterocycles. The molecule has 3 rings (SSSR count). The topological polar surface area (TPSA) is 50.2 Å². The highest BCUT2D eigenvalue weighted by Gasteiger charge is 2.31. The average molecular weight is 332 g/mol. The lowest BCUT2D eigenvalue weighted by atomic mass is 9.89. The zero-order valence-corrected chi connectivity index (χ0v) is 15.3. The van der Waals surface area contributed by atoms with Gasteiger partial charge < -0.3 is 10.2 Å². The third-order valence-electron chi connectivity index (χ3n) is 5.64. The van der Waals surface area contributed by atoms with Crippen LogP contribution in [0, 0.1) is 12.8 Å². The van der Waals surface area contributed by atoms with E-state index in [0.29, 0.717) is 12.3 Å². The molecule has 2 heterocycles. The van der Waals surface area contributed by atoms with Crippen LogP contribution < -0.4 is 5.32 Å². The molecule has 5 heteroatoms. The van der Waals surface area contributed by atoms with Gasteiger partial charge in [0.05, 0.1) is 6.20 Å². The summed E-state index contributed by atoms with van der Waals surface area (Å²) in [4.78, 5) is 14.4. The van der Waals surface area contributed by atoms with Crippen molar-refractivity contribution in [2.45, 2.75) is 77.9 Å². The van der Waals surface area contributed by atoms with E-state index in [1.807, 2.05) is 6.20 Å². The summed E-state index contributed by atoms with van der Waals surface area (Å²) in [5.41, 5.74) is 2.49. The van der Waals surface area contributed by atoms with E-state index in [1.165, 1.54) is 43.4 Å². The van der Waals surface area contributed by atoms with Crippen molar-refractivity contribution in [2.75, 3.05) is 13.1 Å². The van der Waals surface area contributed by atoms with Crippen LogP contribution in [-0.4, -0.2) is 39.7 Å². The maximum atomic E-state index is 12.3. The molecule has 1 amide bonds. The standard InChI is InChI=1S/C19H32N4O/c1-3-9-23-15(2)17(12-21-23)11-20-18-10-19(24)22(14-18)13-16-7-5-4-6-8-16/h12,16,18,20H,3-11,13-14H2,1-2H3/t18-/m1/s1. The molecule has 0 aromatic carbocycles. The molecule has 1 N–H and O–H groups in total. The van der Waals surface area contributed by atoms with E-state index >= 15 is 0 Å². The fourth-order valence-electron chi connectivity index (χ4n) is 4.12. The number of hydrogen-bond donors (Lipinski definition) is 1. The molecule has 134 valence electrons. The number of nitrogens with zero attached hydrogens (tertiary/aromatic N) is 3. The second-order valence-electron chi connectivity index (χ2n) is 7.56. The van der Waals surface area contributed by atoms with Crippen LogP contribution in [0.3, 0.4) is 0 Å². The monoisotopic (exact) mass is 332 g/mol. The third-order valence-corrected chi connectivity index (χ3v) is 5.64. The summed E-state index contributed by atoms with van der Waals surface area (Å²) in [6.07, 6.45) is 10.4. The van der Waals surface area contributed by atoms with E-state index < -0.39 is 0 Å². The molecule has 0 radical (unpaired) electrons. The van der Waals surface area contributed by atoms with Crippen LogP contribution in [0.1, 0.15) is 63.1 Å². The molecular formula is C19H32N4O. The number of aromatic nitrogens is 2. The molecule has 1 aromatic heterocycles. The number of amides is 1. The van der Waals surface area contributed by atoms with Gasteiger partial charge in [-0.1, -0.05) is 26.2 Å². The first-order valence-electron chi connectivity index (χ1n) is 9.69. The molecule has 5 nitrogen and oxygen atoms in total. The molecule has 1 aromatic rings. The Kier molecular flexibility index (Phi) is 5.93. The lowest BCUT2D eigenvalue weighted by molar-refractivity contribution is -0.128. The quantitative estimate of drug-likeness (QED) is 0.835. The van der Waals surface area contributed by atoms with Gasteiger partial charge in [0.25, 0.3) is 0 Å². The van der Waals surface area contributed by atoms with Gasteiger partial charge in [0, 0.05) is 49.9 Å². The highest BCUT2D eigenvalue weighted by atomic mass is 16.2. The molecule has 24 heavy (non-hydrogen) atoms. The number of carbonyl (C=O) groups excluding carboxylic acids is 1. The molecule has 1 saturated carbocycles. The molecule has 1 aliphatic carbocycles. The zero-order chi connectivity index (χ0) is 16.9. The third kappa shape index (κ3) is 4.18. The Labute approximate surface area is 145 Å². The smallest absolute Gasteiger partial charge is 0.224 e. The molecule has 1 atom stereocenters. The predicted octanol–water partition coefficient (Wildman–Crippen LogP) is 2.87. The first-order valence-corrected chi connectivity index (χ1v) is 9.69. The van der Waals surface area contributed by atoms with Gasteiger partial charge in [-0.25, -0.2) is 0 Å². The largest absolute Gasteiger partial charge is 0.341 e. The van der Waals surface area contributed by atoms with Crippen molar-refractivity contribution in [1.29, 1.82) is 0 Å². The number of hydrogen-bond acceptors (Lipinski definition) is 3. The van der Waals surface area contributed by atoms with Crippen molar-refractivity contribution in [1.82, 2.24) is 20.0 Å². The van der Waals surface area contributed by atoms with E-state index in [9.17, 15) is 4.79 Å². The Morgan fingerprint density at radius 1 is 1.29 bits per heavy atom. The van der Waals surface area contributed by atoms with Gasteiger partial charge in [0.2, 0.25) is 5.91 Å². The summed E-state index contributed by atoms with van der Waals surface area (Å²) < 4.78 is 2.08. The van der Waals surface area contributed by atoms with E-state index in [1.54, 1.807) is 0 Å². The number of rotatable bonds is 7. The van der Waals surface area contributed by atoms with Crippen LogP contribution >= 0.6 is 0 Å². The molecule has 2 aliphatic rings. The first-order chi connectivity index (χ1) is 11.7. The number of nitrogens with one attached hydrogen (secondary N) is 1. The Bertz CT molecular complexity index is 548. The van der Waals surface area contributed by atoms with Gasteiger partial charge in [0.15, 0.2) is 0 Å². The fraction of sp³-hybridized carbons (Fsp3) is 0.789. The van der Waals surface area contributed by atoms with Crippen LogP contribution in [0.25, 0.3) is 0 Å². The SMILES string of the molecule is CCCn1ncc(CN[C@@H]2CC(=O)N(CC3CCCCC3)C2)c1C. The highest BCUT2D eigenvalue weighted by Crippen LogP contribution is 2.26. The first kappa shape index (κ1) is 17.5. The molecule has 2 fully saturated rings. The summed E-state index contributed by atoms with van der Waals surface area (Å²) in [5, 5.41) is 8.03. The predicted molar refractivity (Wildman–Crippen MR) is 95.7 cm³/mol. The lowest BCUT2D eigenvalue weighted by Gasteiger charge is -2.27. The summed E-state index contributed by atoms with van der Waals surface area (Å²) in [6.45, 7) is 7.94. The second kappa shape index (κ2) is 8.15. The summed E-state index contributed by atoms with van der Waals surface area (Å²) in [7, 11) is 0. The normalized spacial score (nSPS) is 22.5. The van der Waals surface area contributed by atoms with Gasteiger partial charge >= 0.3 is 0 Å². The van der Waals surface area contributed by atoms with Crippen LogP contribution in [0.2, 0.25) is 0 Å². The molecule has 1 aliphatic heterocycles. The van der Waals surface area contributed by atoms with Crippen molar-refractivity contribution in [3.63, 3.8) is 0 Å². The van der Waals surface area contributed by atoms with Crippen LogP contribution in [0.5, 0.6) is 0 Å². The highest BCUT2D eigenvalue weighted by molar-refractivity contribution is 5.79. The minimum Gasteiger partial charge on any atom is -0.341 e. The summed E-state index contributed by atoms with van der Waals surface area (Å²) in [6, 6.07) is 0.287. The number of aryl methyl sites for hydroxylation is 1. The lowest BCUT2D eigenvalue weighted by Crippen LogP contribution is -2.35. The van der Waals surface area contributed by atoms with Gasteiger partial charge in [-0.05, 0) is 32.1 Å². The minimum absolute atomic E-state index is 0.287. The van der Waals surface area contributed by atoms with Gasteiger partial charge in [-0.15, -0.1) is 0 Å². The number of carbonyl (C=O) groups is 1. The Morgan fingerprint density at radius 3 is 2.83 bits per heavy atom. The van der Waals surface area contributed by atoms with Crippen LogP contribution in [0.4, 0.5) is 0 Å². The molecule has 0 spiro atoms. The summed E-state index contributed by atoms with van der Waals surface area (Å²) >= 11 is 0. The van der Waals surface area contributed by atoms with Crippen LogP contribution in [-0.2, 0) is 17.9 Å². The maximum Gasteiger partial charge on any atom is 0.224 e. The Morgan fingerprint density at radius 2 is 2.08 bits per heavy atom.